The molecule has 0 aliphatic heterocycles. The van der Waals surface area contributed by atoms with Crippen molar-refractivity contribution in [1.29, 1.82) is 0 Å². The molecular weight excluding hydrogens is 198 g/mol. The lowest BCUT2D eigenvalue weighted by atomic mass is 10.0. The van der Waals surface area contributed by atoms with Crippen molar-refractivity contribution in [2.24, 2.45) is 0 Å². The van der Waals surface area contributed by atoms with Crippen molar-refractivity contribution in [2.45, 2.75) is 26.2 Å². The monoisotopic (exact) mass is 215 g/mol. The summed E-state index contributed by atoms with van der Waals surface area (Å²) in [5, 5.41) is 7.10. The molecule has 3 nitrogen and oxygen atoms in total. The third-order valence-electron chi connectivity index (χ3n) is 2.71. The number of rotatable bonds is 4. The Hall–Kier alpha value is -1.77. The zero-order valence-electron chi connectivity index (χ0n) is 9.53. The largest absolute Gasteiger partial charge is 0.382 e. The Labute approximate surface area is 95.7 Å². The van der Waals surface area contributed by atoms with Crippen molar-refractivity contribution in [2.75, 3.05) is 5.73 Å². The minimum Gasteiger partial charge on any atom is -0.382 e. The van der Waals surface area contributed by atoms with E-state index in [0.29, 0.717) is 5.82 Å². The van der Waals surface area contributed by atoms with Crippen LogP contribution in [0.5, 0.6) is 0 Å². The topological polar surface area (TPSA) is 54.7 Å². The van der Waals surface area contributed by atoms with Gasteiger partial charge >= 0.3 is 0 Å². The molecule has 0 bridgehead atoms. The number of anilines is 1. The third-order valence-corrected chi connectivity index (χ3v) is 2.71. The molecule has 0 amide bonds. The Kier molecular flexibility index (Phi) is 3.25. The summed E-state index contributed by atoms with van der Waals surface area (Å²) in [6.07, 6.45) is 2.97. The highest BCUT2D eigenvalue weighted by atomic mass is 15.2. The number of nitrogens with two attached hydrogens (primary N) is 1. The molecule has 0 spiro atoms. The van der Waals surface area contributed by atoms with E-state index in [1.807, 2.05) is 18.2 Å². The fourth-order valence-electron chi connectivity index (χ4n) is 1.87. The summed E-state index contributed by atoms with van der Waals surface area (Å²) < 4.78 is 0. The molecule has 16 heavy (non-hydrogen) atoms. The van der Waals surface area contributed by atoms with Gasteiger partial charge in [-0.15, -0.1) is 0 Å². The van der Waals surface area contributed by atoms with Gasteiger partial charge in [0, 0.05) is 17.7 Å². The van der Waals surface area contributed by atoms with Gasteiger partial charge in [0.05, 0.1) is 0 Å². The van der Waals surface area contributed by atoms with Crippen LogP contribution in [0.3, 0.4) is 0 Å². The molecule has 2 aromatic rings. The van der Waals surface area contributed by atoms with E-state index in [-0.39, 0.29) is 0 Å². The Morgan fingerprint density at radius 1 is 1.25 bits per heavy atom. The number of H-pyrrole nitrogens is 1. The summed E-state index contributed by atoms with van der Waals surface area (Å²) >= 11 is 0. The van der Waals surface area contributed by atoms with Crippen LogP contribution in [0.4, 0.5) is 5.82 Å². The molecule has 84 valence electrons. The van der Waals surface area contributed by atoms with Gasteiger partial charge in [0.15, 0.2) is 0 Å². The second kappa shape index (κ2) is 4.84. The second-order valence-corrected chi connectivity index (χ2v) is 3.98. The number of hydrogen-bond donors (Lipinski definition) is 2. The molecule has 3 heteroatoms. The van der Waals surface area contributed by atoms with Gasteiger partial charge in [-0.1, -0.05) is 43.7 Å². The molecule has 0 saturated carbocycles. The average molecular weight is 215 g/mol. The van der Waals surface area contributed by atoms with E-state index in [0.717, 1.165) is 24.8 Å². The summed E-state index contributed by atoms with van der Waals surface area (Å²) in [7, 11) is 0. The predicted molar refractivity (Wildman–Crippen MR) is 66.2 cm³/mol. The first-order valence-corrected chi connectivity index (χ1v) is 5.66. The Bertz CT molecular complexity index is 445. The van der Waals surface area contributed by atoms with Crippen LogP contribution in [-0.2, 0) is 12.8 Å². The van der Waals surface area contributed by atoms with Gasteiger partial charge in [-0.05, 0) is 12.0 Å². The molecule has 2 rings (SSSR count). The standard InChI is InChI=1S/C13H17N3/c1-2-6-12-11(13(14)16-15-12)9-10-7-4-3-5-8-10/h3-5,7-8H,2,6,9H2,1H3,(H3,14,15,16). The molecule has 0 saturated heterocycles. The minimum atomic E-state index is 0.632. The van der Waals surface area contributed by atoms with Crippen molar-refractivity contribution >= 4 is 5.82 Å². The van der Waals surface area contributed by atoms with E-state index in [1.165, 1.54) is 11.3 Å². The van der Waals surface area contributed by atoms with Crippen LogP contribution in [0, 0.1) is 0 Å². The quantitative estimate of drug-likeness (QED) is 0.823. The van der Waals surface area contributed by atoms with E-state index >= 15 is 0 Å². The van der Waals surface area contributed by atoms with Gasteiger partial charge < -0.3 is 5.73 Å². The molecule has 0 atom stereocenters. The van der Waals surface area contributed by atoms with Crippen LogP contribution in [0.1, 0.15) is 30.2 Å². The van der Waals surface area contributed by atoms with Crippen LogP contribution in [-0.4, -0.2) is 10.2 Å². The van der Waals surface area contributed by atoms with Crippen molar-refractivity contribution in [3.8, 4) is 0 Å². The van der Waals surface area contributed by atoms with Crippen LogP contribution < -0.4 is 5.73 Å². The maximum absolute atomic E-state index is 5.88. The zero-order valence-corrected chi connectivity index (χ0v) is 9.53. The molecular formula is C13H17N3. The SMILES string of the molecule is CCCc1[nH]nc(N)c1Cc1ccccc1. The maximum Gasteiger partial charge on any atom is 0.149 e. The number of hydrogen-bond acceptors (Lipinski definition) is 2. The molecule has 0 radical (unpaired) electrons. The molecule has 0 aliphatic rings. The number of nitrogens with one attached hydrogen (secondary N) is 1. The first-order valence-electron chi connectivity index (χ1n) is 5.66. The second-order valence-electron chi connectivity index (χ2n) is 3.98. The Balaban J connectivity index is 2.23. The van der Waals surface area contributed by atoms with Crippen molar-refractivity contribution in [3.63, 3.8) is 0 Å². The molecule has 0 aliphatic carbocycles. The van der Waals surface area contributed by atoms with Gasteiger partial charge in [0.2, 0.25) is 0 Å². The summed E-state index contributed by atoms with van der Waals surface area (Å²) in [5.41, 5.74) is 9.46. The van der Waals surface area contributed by atoms with Gasteiger partial charge in [-0.3, -0.25) is 5.10 Å². The highest BCUT2D eigenvalue weighted by Crippen LogP contribution is 2.19. The lowest BCUT2D eigenvalue weighted by Crippen LogP contribution is -1.97. The lowest BCUT2D eigenvalue weighted by Gasteiger charge is -2.03. The average Bonchev–Trinajstić information content (AvgIpc) is 2.64. The molecule has 3 N–H and O–H groups in total. The summed E-state index contributed by atoms with van der Waals surface area (Å²) in [6.45, 7) is 2.16. The van der Waals surface area contributed by atoms with Crippen molar-refractivity contribution < 1.29 is 0 Å². The highest BCUT2D eigenvalue weighted by molar-refractivity contribution is 5.45. The van der Waals surface area contributed by atoms with Crippen LogP contribution in [0.15, 0.2) is 30.3 Å². The molecule has 0 unspecified atom stereocenters. The Morgan fingerprint density at radius 3 is 2.69 bits per heavy atom. The normalized spacial score (nSPS) is 10.6. The fraction of sp³-hybridized carbons (Fsp3) is 0.308. The predicted octanol–water partition coefficient (Wildman–Crippen LogP) is 2.54. The number of benzene rings is 1. The zero-order chi connectivity index (χ0) is 11.4. The van der Waals surface area contributed by atoms with Crippen LogP contribution >= 0.6 is 0 Å². The smallest absolute Gasteiger partial charge is 0.149 e. The van der Waals surface area contributed by atoms with E-state index in [9.17, 15) is 0 Å². The minimum absolute atomic E-state index is 0.632. The fourth-order valence-corrected chi connectivity index (χ4v) is 1.87. The van der Waals surface area contributed by atoms with Crippen LogP contribution in [0.25, 0.3) is 0 Å². The number of nitrogens with zero attached hydrogens (tertiary/aromatic N) is 1. The summed E-state index contributed by atoms with van der Waals surface area (Å²) in [6, 6.07) is 10.3. The Morgan fingerprint density at radius 2 is 2.00 bits per heavy atom. The third kappa shape index (κ3) is 2.24. The van der Waals surface area contributed by atoms with E-state index in [4.69, 9.17) is 5.73 Å². The molecule has 1 aromatic carbocycles. The number of aryl methyl sites for hydroxylation is 1. The highest BCUT2D eigenvalue weighted by Gasteiger charge is 2.10. The number of nitrogen functional groups attached to an aromatic ring is 1. The summed E-state index contributed by atoms with van der Waals surface area (Å²) in [4.78, 5) is 0. The van der Waals surface area contributed by atoms with Gasteiger partial charge in [0.25, 0.3) is 0 Å². The number of aromatic nitrogens is 2. The first-order chi connectivity index (χ1) is 7.81. The number of aromatic amines is 1. The summed E-state index contributed by atoms with van der Waals surface area (Å²) in [5.74, 6) is 0.632. The van der Waals surface area contributed by atoms with Gasteiger partial charge in [-0.25, -0.2) is 0 Å². The molecule has 1 aromatic heterocycles. The van der Waals surface area contributed by atoms with E-state index < -0.39 is 0 Å². The molecule has 0 fully saturated rings. The molecule has 1 heterocycles. The maximum atomic E-state index is 5.88. The van der Waals surface area contributed by atoms with Gasteiger partial charge in [-0.2, -0.15) is 5.10 Å². The van der Waals surface area contributed by atoms with E-state index in [2.05, 4.69) is 29.3 Å². The van der Waals surface area contributed by atoms with Gasteiger partial charge in [0.1, 0.15) is 5.82 Å². The van der Waals surface area contributed by atoms with Crippen molar-refractivity contribution in [3.05, 3.63) is 47.2 Å². The van der Waals surface area contributed by atoms with Crippen LogP contribution in [0.2, 0.25) is 0 Å². The van der Waals surface area contributed by atoms with E-state index in [1.54, 1.807) is 0 Å². The lowest BCUT2D eigenvalue weighted by molar-refractivity contribution is 0.856. The van der Waals surface area contributed by atoms with Crippen molar-refractivity contribution in [1.82, 2.24) is 10.2 Å². The first kappa shape index (κ1) is 10.7.